The minimum Gasteiger partial charge on any atom is -0.469 e. The van der Waals surface area contributed by atoms with Crippen LogP contribution in [-0.4, -0.2) is 26.2 Å². The molecule has 1 aliphatic rings. The third kappa shape index (κ3) is 2.13. The summed E-state index contributed by atoms with van der Waals surface area (Å²) in [4.78, 5) is 23.1. The van der Waals surface area contributed by atoms with Crippen molar-refractivity contribution in [1.82, 2.24) is 0 Å². The minimum absolute atomic E-state index is 0.177. The van der Waals surface area contributed by atoms with Crippen LogP contribution in [0.2, 0.25) is 0 Å². The highest BCUT2D eigenvalue weighted by molar-refractivity contribution is 5.83. The van der Waals surface area contributed by atoms with Gasteiger partial charge >= 0.3 is 11.9 Å². The van der Waals surface area contributed by atoms with Gasteiger partial charge in [-0.05, 0) is 18.3 Å². The Kier molecular flexibility index (Phi) is 3.72. The van der Waals surface area contributed by atoms with Gasteiger partial charge in [0.1, 0.15) is 0 Å². The lowest BCUT2D eigenvalue weighted by Crippen LogP contribution is -2.32. The Labute approximate surface area is 89.9 Å². The normalized spacial score (nSPS) is 34.9. The van der Waals surface area contributed by atoms with Gasteiger partial charge in [0.15, 0.2) is 0 Å². The van der Waals surface area contributed by atoms with Crippen molar-refractivity contribution in [3.63, 3.8) is 0 Å². The van der Waals surface area contributed by atoms with Gasteiger partial charge in [0, 0.05) is 0 Å². The van der Waals surface area contributed by atoms with Gasteiger partial charge in [-0.25, -0.2) is 0 Å². The zero-order valence-electron chi connectivity index (χ0n) is 9.65. The van der Waals surface area contributed by atoms with E-state index in [4.69, 9.17) is 9.47 Å². The van der Waals surface area contributed by atoms with Crippen molar-refractivity contribution in [1.29, 1.82) is 0 Å². The Bertz CT molecular complexity index is 235. The maximum atomic E-state index is 11.6. The summed E-state index contributed by atoms with van der Waals surface area (Å²) >= 11 is 0. The number of esters is 2. The first-order chi connectivity index (χ1) is 7.02. The zero-order chi connectivity index (χ0) is 11.6. The smallest absolute Gasteiger partial charge is 0.309 e. The van der Waals surface area contributed by atoms with E-state index in [2.05, 4.69) is 0 Å². The summed E-state index contributed by atoms with van der Waals surface area (Å²) in [5, 5.41) is 0. The average Bonchev–Trinajstić information content (AvgIpc) is 2.51. The molecule has 15 heavy (non-hydrogen) atoms. The summed E-state index contributed by atoms with van der Waals surface area (Å²) in [5.41, 5.74) is 0. The second-order valence-electron chi connectivity index (χ2n) is 4.29. The van der Waals surface area contributed by atoms with E-state index in [0.29, 0.717) is 0 Å². The van der Waals surface area contributed by atoms with Gasteiger partial charge < -0.3 is 9.47 Å². The molecule has 0 N–H and O–H groups in total. The third-order valence-corrected chi connectivity index (χ3v) is 3.30. The van der Waals surface area contributed by atoms with Crippen molar-refractivity contribution in [2.45, 2.75) is 20.3 Å². The summed E-state index contributed by atoms with van der Waals surface area (Å²) in [5.74, 6) is -0.951. The van der Waals surface area contributed by atoms with Gasteiger partial charge in [0.2, 0.25) is 0 Å². The lowest BCUT2D eigenvalue weighted by Gasteiger charge is -2.19. The average molecular weight is 214 g/mol. The number of rotatable bonds is 2. The number of methoxy groups -OCH3 is 2. The van der Waals surface area contributed by atoms with Gasteiger partial charge in [-0.15, -0.1) is 0 Å². The maximum Gasteiger partial charge on any atom is 0.309 e. The molecule has 4 unspecified atom stereocenters. The molecule has 0 bridgehead atoms. The third-order valence-electron chi connectivity index (χ3n) is 3.30. The first-order valence-electron chi connectivity index (χ1n) is 5.18. The summed E-state index contributed by atoms with van der Waals surface area (Å²) in [6, 6.07) is 0. The molecular weight excluding hydrogens is 196 g/mol. The first kappa shape index (κ1) is 12.0. The highest BCUT2D eigenvalue weighted by Crippen LogP contribution is 2.42. The second-order valence-corrected chi connectivity index (χ2v) is 4.29. The van der Waals surface area contributed by atoms with Crippen molar-refractivity contribution in [3.05, 3.63) is 0 Å². The Morgan fingerprint density at radius 2 is 1.27 bits per heavy atom. The quantitative estimate of drug-likeness (QED) is 0.649. The van der Waals surface area contributed by atoms with E-state index < -0.39 is 0 Å². The molecule has 0 aromatic rings. The molecule has 0 aromatic carbocycles. The monoisotopic (exact) mass is 214 g/mol. The van der Waals surface area contributed by atoms with E-state index in [1.165, 1.54) is 14.2 Å². The molecule has 1 saturated carbocycles. The molecule has 1 fully saturated rings. The molecule has 0 aromatic heterocycles. The van der Waals surface area contributed by atoms with Crippen LogP contribution in [0.1, 0.15) is 20.3 Å². The highest BCUT2D eigenvalue weighted by atomic mass is 16.5. The molecule has 0 radical (unpaired) electrons. The minimum atomic E-state index is -0.350. The SMILES string of the molecule is COC(=O)C1C(C)CC(C)C1C(=O)OC. The van der Waals surface area contributed by atoms with E-state index in [1.807, 2.05) is 13.8 Å². The van der Waals surface area contributed by atoms with Crippen LogP contribution >= 0.6 is 0 Å². The van der Waals surface area contributed by atoms with Crippen LogP contribution < -0.4 is 0 Å². The van der Waals surface area contributed by atoms with Crippen LogP contribution in [0.5, 0.6) is 0 Å². The second kappa shape index (κ2) is 4.64. The lowest BCUT2D eigenvalue weighted by molar-refractivity contribution is -0.158. The molecule has 1 aliphatic carbocycles. The van der Waals surface area contributed by atoms with Crippen molar-refractivity contribution in [2.75, 3.05) is 14.2 Å². The van der Waals surface area contributed by atoms with E-state index in [9.17, 15) is 9.59 Å². The molecule has 0 amide bonds. The van der Waals surface area contributed by atoms with Crippen LogP contribution in [0.4, 0.5) is 0 Å². The van der Waals surface area contributed by atoms with E-state index in [0.717, 1.165) is 6.42 Å². The summed E-state index contributed by atoms with van der Waals surface area (Å²) < 4.78 is 9.46. The zero-order valence-corrected chi connectivity index (χ0v) is 9.65. The Balaban J connectivity index is 2.89. The van der Waals surface area contributed by atoms with Crippen LogP contribution in [-0.2, 0) is 19.1 Å². The molecular formula is C11H18O4. The van der Waals surface area contributed by atoms with Crippen LogP contribution in [0.15, 0.2) is 0 Å². The standard InChI is InChI=1S/C11H18O4/c1-6-5-7(2)9(11(13)15-4)8(6)10(12)14-3/h6-9H,5H2,1-4H3. The van der Waals surface area contributed by atoms with Gasteiger partial charge in [-0.3, -0.25) is 9.59 Å². The topological polar surface area (TPSA) is 52.6 Å². The van der Waals surface area contributed by atoms with Gasteiger partial charge in [-0.1, -0.05) is 13.8 Å². The molecule has 4 atom stereocenters. The summed E-state index contributed by atoms with van der Waals surface area (Å²) in [7, 11) is 2.71. The summed E-state index contributed by atoms with van der Waals surface area (Å²) in [6.07, 6.45) is 0.861. The largest absolute Gasteiger partial charge is 0.469 e. The Morgan fingerprint density at radius 3 is 1.53 bits per heavy atom. The Hall–Kier alpha value is -1.06. The number of carbonyl (C=O) groups is 2. The molecule has 0 spiro atoms. The fraction of sp³-hybridized carbons (Fsp3) is 0.818. The fourth-order valence-electron chi connectivity index (χ4n) is 2.62. The number of carbonyl (C=O) groups excluding carboxylic acids is 2. The molecule has 0 heterocycles. The lowest BCUT2D eigenvalue weighted by atomic mass is 9.88. The van der Waals surface area contributed by atoms with Crippen LogP contribution in [0.3, 0.4) is 0 Å². The van der Waals surface area contributed by atoms with Crippen molar-refractivity contribution >= 4 is 11.9 Å². The molecule has 0 aliphatic heterocycles. The van der Waals surface area contributed by atoms with Crippen molar-refractivity contribution in [3.8, 4) is 0 Å². The van der Waals surface area contributed by atoms with Crippen LogP contribution in [0, 0.1) is 23.7 Å². The van der Waals surface area contributed by atoms with Crippen molar-refractivity contribution in [2.24, 2.45) is 23.7 Å². The van der Waals surface area contributed by atoms with E-state index in [-0.39, 0.29) is 35.6 Å². The molecule has 1 rings (SSSR count). The maximum absolute atomic E-state index is 11.6. The van der Waals surface area contributed by atoms with E-state index >= 15 is 0 Å². The predicted octanol–water partition coefficient (Wildman–Crippen LogP) is 1.24. The first-order valence-corrected chi connectivity index (χ1v) is 5.18. The predicted molar refractivity (Wildman–Crippen MR) is 54.0 cm³/mol. The van der Waals surface area contributed by atoms with Gasteiger partial charge in [0.25, 0.3) is 0 Å². The molecule has 4 nitrogen and oxygen atoms in total. The molecule has 0 saturated heterocycles. The fourth-order valence-corrected chi connectivity index (χ4v) is 2.62. The van der Waals surface area contributed by atoms with Crippen LogP contribution in [0.25, 0.3) is 0 Å². The number of hydrogen-bond acceptors (Lipinski definition) is 4. The number of ether oxygens (including phenoxy) is 2. The van der Waals surface area contributed by atoms with Gasteiger partial charge in [0.05, 0.1) is 26.1 Å². The Morgan fingerprint density at radius 1 is 0.933 bits per heavy atom. The molecule has 4 heteroatoms. The van der Waals surface area contributed by atoms with E-state index in [1.54, 1.807) is 0 Å². The molecule has 86 valence electrons. The number of hydrogen-bond donors (Lipinski definition) is 0. The highest BCUT2D eigenvalue weighted by Gasteiger charge is 2.48. The van der Waals surface area contributed by atoms with Gasteiger partial charge in [-0.2, -0.15) is 0 Å². The summed E-state index contributed by atoms with van der Waals surface area (Å²) in [6.45, 7) is 3.95. The van der Waals surface area contributed by atoms with Crippen molar-refractivity contribution < 1.29 is 19.1 Å².